The maximum Gasteiger partial charge on any atom is 0.145 e. The molecule has 3 unspecified atom stereocenters. The van der Waals surface area contributed by atoms with Gasteiger partial charge in [0.2, 0.25) is 0 Å². The van der Waals surface area contributed by atoms with Crippen LogP contribution >= 0.6 is 11.8 Å². The molecule has 0 radical (unpaired) electrons. The molecule has 1 aliphatic carbocycles. The molecule has 2 heteroatoms. The van der Waals surface area contributed by atoms with Crippen molar-refractivity contribution in [2.75, 3.05) is 5.75 Å². The second kappa shape index (κ2) is 13.9. The van der Waals surface area contributed by atoms with E-state index in [0.29, 0.717) is 17.6 Å². The van der Waals surface area contributed by atoms with E-state index in [2.05, 4.69) is 46.8 Å². The predicted molar refractivity (Wildman–Crippen MR) is 124 cm³/mol. The van der Waals surface area contributed by atoms with Gasteiger partial charge >= 0.3 is 0 Å². The molecule has 0 aliphatic heterocycles. The molecular weight excluding hydrogens is 348 g/mol. The van der Waals surface area contributed by atoms with Crippen molar-refractivity contribution in [3.8, 4) is 0 Å². The van der Waals surface area contributed by atoms with E-state index in [9.17, 15) is 4.79 Å². The van der Waals surface area contributed by atoms with Crippen molar-refractivity contribution < 1.29 is 4.79 Å². The largest absolute Gasteiger partial charge is 0.298 e. The van der Waals surface area contributed by atoms with Gasteiger partial charge in [0.15, 0.2) is 0 Å². The summed E-state index contributed by atoms with van der Waals surface area (Å²) in [7, 11) is 0. The van der Waals surface area contributed by atoms with Crippen LogP contribution in [0, 0.1) is 17.3 Å². The lowest BCUT2D eigenvalue weighted by Gasteiger charge is -2.40. The fourth-order valence-electron chi connectivity index (χ4n) is 4.37. The minimum absolute atomic E-state index is 0.164. The molecule has 0 N–H and O–H groups in total. The Morgan fingerprint density at radius 1 is 1.04 bits per heavy atom. The zero-order valence-electron chi connectivity index (χ0n) is 18.9. The van der Waals surface area contributed by atoms with Crippen LogP contribution in [0.25, 0.3) is 0 Å². The van der Waals surface area contributed by atoms with Crippen molar-refractivity contribution in [1.29, 1.82) is 0 Å². The van der Waals surface area contributed by atoms with Crippen molar-refractivity contribution in [3.05, 3.63) is 12.2 Å². The Bertz CT molecular complexity index is 426. The van der Waals surface area contributed by atoms with Crippen LogP contribution in [0.4, 0.5) is 0 Å². The lowest BCUT2D eigenvalue weighted by atomic mass is 9.65. The number of hydrogen-bond acceptors (Lipinski definition) is 2. The van der Waals surface area contributed by atoms with Crippen molar-refractivity contribution in [2.45, 2.75) is 117 Å². The Labute approximate surface area is 174 Å². The summed E-state index contributed by atoms with van der Waals surface area (Å²) >= 11 is 1.88. The van der Waals surface area contributed by atoms with Gasteiger partial charge in [0, 0.05) is 6.42 Å². The van der Waals surface area contributed by atoms with E-state index in [4.69, 9.17) is 0 Å². The van der Waals surface area contributed by atoms with Crippen LogP contribution in [-0.4, -0.2) is 16.8 Å². The molecule has 0 fully saturated rings. The molecule has 1 rings (SSSR count). The number of thioether (sulfide) groups is 1. The molecule has 27 heavy (non-hydrogen) atoms. The molecule has 0 spiro atoms. The topological polar surface area (TPSA) is 17.1 Å². The summed E-state index contributed by atoms with van der Waals surface area (Å²) in [5.41, 5.74) is 0.255. The summed E-state index contributed by atoms with van der Waals surface area (Å²) in [5.74, 6) is 2.63. The maximum absolute atomic E-state index is 12.7. The van der Waals surface area contributed by atoms with E-state index in [1.807, 2.05) is 11.8 Å². The highest BCUT2D eigenvalue weighted by Crippen LogP contribution is 2.43. The van der Waals surface area contributed by atoms with E-state index in [1.165, 1.54) is 64.2 Å². The molecule has 3 atom stereocenters. The van der Waals surface area contributed by atoms with Crippen LogP contribution in [-0.2, 0) is 4.79 Å². The van der Waals surface area contributed by atoms with Crippen LogP contribution in [0.1, 0.15) is 112 Å². The standard InChI is InChI=1S/C25H46OS/c1-6-7-8-9-10-11-12-13-14-15-19-27-22(3)24(26)20-23-21(2)17-16-18-25(23,4)5/h16-17,21-23H,6-15,18-20H2,1-5H3. The number of allylic oxidation sites excluding steroid dienone is 2. The van der Waals surface area contributed by atoms with E-state index >= 15 is 0 Å². The van der Waals surface area contributed by atoms with E-state index < -0.39 is 0 Å². The zero-order chi connectivity index (χ0) is 20.1. The highest BCUT2D eigenvalue weighted by atomic mass is 32.2. The third-order valence-electron chi connectivity index (χ3n) is 6.46. The van der Waals surface area contributed by atoms with Crippen LogP contribution < -0.4 is 0 Å². The average Bonchev–Trinajstić information content (AvgIpc) is 2.62. The smallest absolute Gasteiger partial charge is 0.145 e. The van der Waals surface area contributed by atoms with Crippen LogP contribution in [0.5, 0.6) is 0 Å². The third kappa shape index (κ3) is 10.2. The highest BCUT2D eigenvalue weighted by Gasteiger charge is 2.36. The highest BCUT2D eigenvalue weighted by molar-refractivity contribution is 8.00. The van der Waals surface area contributed by atoms with Crippen molar-refractivity contribution in [1.82, 2.24) is 0 Å². The van der Waals surface area contributed by atoms with Gasteiger partial charge in [-0.1, -0.05) is 97.6 Å². The van der Waals surface area contributed by atoms with Gasteiger partial charge in [0.1, 0.15) is 5.78 Å². The summed E-state index contributed by atoms with van der Waals surface area (Å²) in [6.07, 6.45) is 20.3. The molecule has 0 bridgehead atoms. The first-order chi connectivity index (χ1) is 12.9. The first kappa shape index (κ1) is 24.8. The number of carbonyl (C=O) groups is 1. The van der Waals surface area contributed by atoms with E-state index in [0.717, 1.165) is 18.6 Å². The SMILES string of the molecule is CCCCCCCCCCCCSC(C)C(=O)CC1C(C)C=CCC1(C)C. The lowest BCUT2D eigenvalue weighted by molar-refractivity contribution is -0.120. The predicted octanol–water partition coefficient (Wildman–Crippen LogP) is 8.23. The molecule has 0 saturated carbocycles. The molecule has 0 aromatic carbocycles. The third-order valence-corrected chi connectivity index (χ3v) is 7.75. The van der Waals surface area contributed by atoms with Gasteiger partial charge in [-0.3, -0.25) is 4.79 Å². The number of Topliss-reactive ketones (excluding diaryl/α,β-unsaturated/α-hetero) is 1. The van der Waals surface area contributed by atoms with Gasteiger partial charge in [0.25, 0.3) is 0 Å². The van der Waals surface area contributed by atoms with Crippen LogP contribution in [0.15, 0.2) is 12.2 Å². The maximum atomic E-state index is 12.7. The zero-order valence-corrected chi connectivity index (χ0v) is 19.7. The summed E-state index contributed by atoms with van der Waals surface area (Å²) in [6.45, 7) is 11.3. The number of ketones is 1. The second-order valence-corrected chi connectivity index (χ2v) is 10.9. The number of carbonyl (C=O) groups excluding carboxylic acids is 1. The van der Waals surface area contributed by atoms with Crippen LogP contribution in [0.3, 0.4) is 0 Å². The van der Waals surface area contributed by atoms with E-state index in [1.54, 1.807) is 0 Å². The fourth-order valence-corrected chi connectivity index (χ4v) is 5.38. The molecule has 1 aliphatic rings. The Morgan fingerprint density at radius 2 is 1.59 bits per heavy atom. The Kier molecular flexibility index (Phi) is 12.7. The van der Waals surface area contributed by atoms with Gasteiger partial charge < -0.3 is 0 Å². The van der Waals surface area contributed by atoms with E-state index in [-0.39, 0.29) is 10.7 Å². The Morgan fingerprint density at radius 3 is 2.15 bits per heavy atom. The normalized spacial score (nSPS) is 22.7. The van der Waals surface area contributed by atoms with Gasteiger partial charge in [-0.2, -0.15) is 11.8 Å². The molecule has 0 heterocycles. The molecular formula is C25H46OS. The quantitative estimate of drug-likeness (QED) is 0.205. The minimum atomic E-state index is 0.164. The molecule has 0 aromatic heterocycles. The first-order valence-electron chi connectivity index (χ1n) is 11.7. The summed E-state index contributed by atoms with van der Waals surface area (Å²) < 4.78 is 0. The van der Waals surface area contributed by atoms with Gasteiger partial charge in [-0.15, -0.1) is 0 Å². The monoisotopic (exact) mass is 394 g/mol. The van der Waals surface area contributed by atoms with Gasteiger partial charge in [0.05, 0.1) is 5.25 Å². The van der Waals surface area contributed by atoms with Crippen LogP contribution in [0.2, 0.25) is 0 Å². The minimum Gasteiger partial charge on any atom is -0.298 e. The number of unbranched alkanes of at least 4 members (excludes halogenated alkanes) is 9. The molecule has 0 amide bonds. The number of rotatable bonds is 15. The molecule has 1 nitrogen and oxygen atoms in total. The second-order valence-electron chi connectivity index (χ2n) is 9.45. The number of hydrogen-bond donors (Lipinski definition) is 0. The fraction of sp³-hybridized carbons (Fsp3) is 0.880. The molecule has 0 saturated heterocycles. The summed E-state index contributed by atoms with van der Waals surface area (Å²) in [5, 5.41) is 0.164. The molecule has 0 aromatic rings. The van der Waals surface area contributed by atoms with Gasteiger partial charge in [-0.25, -0.2) is 0 Å². The molecule has 158 valence electrons. The summed E-state index contributed by atoms with van der Waals surface area (Å²) in [6, 6.07) is 0. The Balaban J connectivity index is 2.08. The van der Waals surface area contributed by atoms with Crippen molar-refractivity contribution in [3.63, 3.8) is 0 Å². The lowest BCUT2D eigenvalue weighted by Crippen LogP contribution is -2.34. The van der Waals surface area contributed by atoms with Crippen molar-refractivity contribution in [2.24, 2.45) is 17.3 Å². The van der Waals surface area contributed by atoms with Crippen molar-refractivity contribution >= 4 is 17.5 Å². The first-order valence-corrected chi connectivity index (χ1v) is 12.7. The Hall–Kier alpha value is -0.240. The average molecular weight is 395 g/mol. The van der Waals surface area contributed by atoms with Gasteiger partial charge in [-0.05, 0) is 42.8 Å². The summed E-state index contributed by atoms with van der Waals surface area (Å²) in [4.78, 5) is 12.7.